The van der Waals surface area contributed by atoms with Gasteiger partial charge in [-0.05, 0) is 24.3 Å². The summed E-state index contributed by atoms with van der Waals surface area (Å²) in [4.78, 5) is 22.6. The smallest absolute Gasteiger partial charge is 0.420 e. The first-order valence-electron chi connectivity index (χ1n) is 9.29. The van der Waals surface area contributed by atoms with Crippen LogP contribution in [0.25, 0.3) is 11.1 Å². The number of sulfonamides is 1. The van der Waals surface area contributed by atoms with Gasteiger partial charge in [0.2, 0.25) is 10.0 Å². The first-order chi connectivity index (χ1) is 14.3. The van der Waals surface area contributed by atoms with Crippen LogP contribution in [0.5, 0.6) is 5.75 Å². The molecule has 0 unspecified atom stereocenters. The Morgan fingerprint density at radius 3 is 2.53 bits per heavy atom. The Balaban J connectivity index is 1.83. The number of rotatable bonds is 9. The Hall–Kier alpha value is -3.18. The van der Waals surface area contributed by atoms with Gasteiger partial charge in [-0.25, -0.2) is 13.2 Å². The largest absolute Gasteiger partial charge is 0.485 e. The van der Waals surface area contributed by atoms with Crippen LogP contribution < -0.4 is 10.5 Å². The van der Waals surface area contributed by atoms with Gasteiger partial charge in [-0.2, -0.15) is 4.31 Å². The van der Waals surface area contributed by atoms with E-state index < -0.39 is 26.4 Å². The number of nitro benzene ring substituents is 1. The number of benzene rings is 2. The maximum Gasteiger partial charge on any atom is 0.420 e. The molecular formula is C19H21N3O7S. The molecule has 10 nitrogen and oxygen atoms in total. The highest BCUT2D eigenvalue weighted by Gasteiger charge is 2.26. The van der Waals surface area contributed by atoms with E-state index in [0.29, 0.717) is 11.1 Å². The van der Waals surface area contributed by atoms with E-state index in [1.807, 2.05) is 0 Å². The lowest BCUT2D eigenvalue weighted by atomic mass is 10.3. The normalized spacial score (nSPS) is 11.8. The van der Waals surface area contributed by atoms with Gasteiger partial charge in [0.15, 0.2) is 11.3 Å². The van der Waals surface area contributed by atoms with E-state index in [1.54, 1.807) is 38.1 Å². The zero-order chi connectivity index (χ0) is 21.9. The molecule has 0 aliphatic heterocycles. The molecule has 2 aromatic carbocycles. The second-order valence-corrected chi connectivity index (χ2v) is 8.25. The summed E-state index contributed by atoms with van der Waals surface area (Å²) in [5.74, 6) is -0.644. The van der Waals surface area contributed by atoms with Gasteiger partial charge in [-0.3, -0.25) is 14.7 Å². The minimum absolute atomic E-state index is 0.0492. The maximum atomic E-state index is 12.6. The molecule has 0 aliphatic rings. The molecule has 0 saturated heterocycles. The van der Waals surface area contributed by atoms with Gasteiger partial charge < -0.3 is 9.15 Å². The van der Waals surface area contributed by atoms with Crippen LogP contribution >= 0.6 is 0 Å². The minimum atomic E-state index is -3.84. The summed E-state index contributed by atoms with van der Waals surface area (Å²) in [5, 5.41) is 11.5. The predicted octanol–water partition coefficient (Wildman–Crippen LogP) is 2.61. The molecule has 0 saturated carbocycles. The van der Waals surface area contributed by atoms with Gasteiger partial charge in [0, 0.05) is 19.2 Å². The number of oxazole rings is 1. The topological polar surface area (TPSA) is 125 Å². The van der Waals surface area contributed by atoms with E-state index in [1.165, 1.54) is 21.0 Å². The monoisotopic (exact) mass is 435 g/mol. The van der Waals surface area contributed by atoms with E-state index in [2.05, 4.69) is 0 Å². The van der Waals surface area contributed by atoms with Gasteiger partial charge in [-0.15, -0.1) is 0 Å². The third kappa shape index (κ3) is 4.07. The highest BCUT2D eigenvalue weighted by molar-refractivity contribution is 7.89. The molecule has 1 aromatic heterocycles. The molecule has 0 aliphatic carbocycles. The van der Waals surface area contributed by atoms with Crippen LogP contribution in [0.4, 0.5) is 5.69 Å². The van der Waals surface area contributed by atoms with Crippen molar-refractivity contribution in [3.8, 4) is 5.75 Å². The number of fused-ring (bicyclic) bond motifs is 1. The van der Waals surface area contributed by atoms with Crippen molar-refractivity contribution in [3.63, 3.8) is 0 Å². The Morgan fingerprint density at radius 2 is 1.87 bits per heavy atom. The maximum absolute atomic E-state index is 12.6. The van der Waals surface area contributed by atoms with Crippen molar-refractivity contribution in [2.24, 2.45) is 0 Å². The lowest BCUT2D eigenvalue weighted by Crippen LogP contribution is -2.30. The van der Waals surface area contributed by atoms with E-state index in [-0.39, 0.29) is 36.9 Å². The molecule has 30 heavy (non-hydrogen) atoms. The molecule has 0 bridgehead atoms. The second-order valence-electron chi connectivity index (χ2n) is 6.31. The third-order valence-electron chi connectivity index (χ3n) is 4.62. The van der Waals surface area contributed by atoms with Crippen molar-refractivity contribution in [1.82, 2.24) is 8.87 Å². The van der Waals surface area contributed by atoms with Gasteiger partial charge in [0.25, 0.3) is 0 Å². The fraction of sp³-hybridized carbons (Fsp3) is 0.316. The molecule has 0 amide bonds. The van der Waals surface area contributed by atoms with E-state index in [0.717, 1.165) is 6.07 Å². The first-order valence-corrected chi connectivity index (χ1v) is 10.7. The van der Waals surface area contributed by atoms with Crippen LogP contribution in [0, 0.1) is 10.1 Å². The van der Waals surface area contributed by atoms with Crippen molar-refractivity contribution >= 4 is 26.8 Å². The van der Waals surface area contributed by atoms with Crippen LogP contribution in [0.2, 0.25) is 0 Å². The molecule has 0 N–H and O–H groups in total. The minimum Gasteiger partial charge on any atom is -0.485 e. The number of hydrogen-bond acceptors (Lipinski definition) is 7. The Kier molecular flexibility index (Phi) is 6.22. The van der Waals surface area contributed by atoms with Gasteiger partial charge in [0.05, 0.1) is 21.9 Å². The van der Waals surface area contributed by atoms with E-state index in [9.17, 15) is 23.3 Å². The summed E-state index contributed by atoms with van der Waals surface area (Å²) in [6.45, 7) is 3.93. The van der Waals surface area contributed by atoms with Gasteiger partial charge >= 0.3 is 11.4 Å². The Labute approximate surface area is 172 Å². The average Bonchev–Trinajstić information content (AvgIpc) is 3.04. The van der Waals surface area contributed by atoms with E-state index >= 15 is 0 Å². The summed E-state index contributed by atoms with van der Waals surface area (Å²) in [5.41, 5.74) is 0.549. The average molecular weight is 435 g/mol. The zero-order valence-electron chi connectivity index (χ0n) is 16.5. The Morgan fingerprint density at radius 1 is 1.17 bits per heavy atom. The second kappa shape index (κ2) is 8.67. The molecular weight excluding hydrogens is 414 g/mol. The molecule has 160 valence electrons. The van der Waals surface area contributed by atoms with Crippen molar-refractivity contribution in [2.45, 2.75) is 25.3 Å². The number of hydrogen-bond donors (Lipinski definition) is 0. The Bertz CT molecular complexity index is 1230. The molecule has 11 heteroatoms. The summed E-state index contributed by atoms with van der Waals surface area (Å²) >= 11 is 0. The van der Waals surface area contributed by atoms with Crippen LogP contribution in [0.1, 0.15) is 13.8 Å². The summed E-state index contributed by atoms with van der Waals surface area (Å²) < 4.78 is 38.5. The predicted molar refractivity (Wildman–Crippen MR) is 109 cm³/mol. The van der Waals surface area contributed by atoms with Crippen molar-refractivity contribution < 1.29 is 22.5 Å². The number of nitro groups is 1. The SMILES string of the molecule is CCN(CC)S(=O)(=O)c1ccc(OCCn2c(=O)oc3ccccc32)c([N+](=O)[O-])c1. The quantitative estimate of drug-likeness (QED) is 0.374. The summed E-state index contributed by atoms with van der Waals surface area (Å²) in [6, 6.07) is 10.4. The molecule has 3 aromatic rings. The third-order valence-corrected chi connectivity index (χ3v) is 6.66. The molecule has 0 radical (unpaired) electrons. The lowest BCUT2D eigenvalue weighted by Gasteiger charge is -2.18. The van der Waals surface area contributed by atoms with Gasteiger partial charge in [-0.1, -0.05) is 26.0 Å². The molecule has 1 heterocycles. The fourth-order valence-electron chi connectivity index (χ4n) is 3.11. The van der Waals surface area contributed by atoms with Crippen molar-refractivity contribution in [2.75, 3.05) is 19.7 Å². The van der Waals surface area contributed by atoms with Crippen LogP contribution in [-0.4, -0.2) is 41.9 Å². The highest BCUT2D eigenvalue weighted by Crippen LogP contribution is 2.31. The fourth-order valence-corrected chi connectivity index (χ4v) is 4.59. The molecule has 0 atom stereocenters. The van der Waals surface area contributed by atoms with Crippen molar-refractivity contribution in [1.29, 1.82) is 0 Å². The van der Waals surface area contributed by atoms with Crippen LogP contribution in [-0.2, 0) is 16.6 Å². The number of para-hydroxylation sites is 2. The highest BCUT2D eigenvalue weighted by atomic mass is 32.2. The molecule has 0 fully saturated rings. The molecule has 0 spiro atoms. The number of aromatic nitrogens is 1. The molecule has 3 rings (SSSR count). The zero-order valence-corrected chi connectivity index (χ0v) is 17.3. The standard InChI is InChI=1S/C19H21N3O7S/c1-3-20(4-2)30(26,27)14-9-10-17(16(13-14)22(24)25)28-12-11-21-15-7-5-6-8-18(15)29-19(21)23/h5-10,13H,3-4,11-12H2,1-2H3. The van der Waals surface area contributed by atoms with E-state index in [4.69, 9.17) is 9.15 Å². The summed E-state index contributed by atoms with van der Waals surface area (Å²) in [7, 11) is -3.84. The first kappa shape index (κ1) is 21.5. The van der Waals surface area contributed by atoms with Crippen molar-refractivity contribution in [3.05, 3.63) is 63.1 Å². The number of nitrogens with zero attached hydrogens (tertiary/aromatic N) is 3. The van der Waals surface area contributed by atoms with Crippen LogP contribution in [0.3, 0.4) is 0 Å². The van der Waals surface area contributed by atoms with Gasteiger partial charge in [0.1, 0.15) is 6.61 Å². The lowest BCUT2D eigenvalue weighted by molar-refractivity contribution is -0.386. The number of ether oxygens (including phenoxy) is 1. The summed E-state index contributed by atoms with van der Waals surface area (Å²) in [6.07, 6.45) is 0. The van der Waals surface area contributed by atoms with Crippen LogP contribution in [0.15, 0.2) is 56.6 Å².